The van der Waals surface area contributed by atoms with E-state index in [9.17, 15) is 18.0 Å². The minimum absolute atomic E-state index is 0.111. The van der Waals surface area contributed by atoms with E-state index in [0.29, 0.717) is 12.3 Å². The number of sulfonamides is 1. The summed E-state index contributed by atoms with van der Waals surface area (Å²) >= 11 is 3.49. The molecule has 0 saturated carbocycles. The maximum atomic E-state index is 14.2. The van der Waals surface area contributed by atoms with Crippen LogP contribution in [-0.4, -0.2) is 57.6 Å². The topological polar surface area (TPSA) is 96.0 Å². The number of hydrogen-bond donors (Lipinski definition) is 1. The Balaban J connectivity index is 2.08. The fraction of sp³-hybridized carbons (Fsp3) is 0.355. The summed E-state index contributed by atoms with van der Waals surface area (Å²) in [5.41, 5.74) is 2.75. The fourth-order valence-electron chi connectivity index (χ4n) is 4.48. The fourth-order valence-corrected chi connectivity index (χ4v) is 5.77. The first kappa shape index (κ1) is 32.1. The minimum atomic E-state index is -3.90. The second-order valence-corrected chi connectivity index (χ2v) is 12.8. The first-order valence-electron chi connectivity index (χ1n) is 13.5. The number of amides is 2. The molecule has 0 unspecified atom stereocenters. The Morgan fingerprint density at radius 3 is 2.34 bits per heavy atom. The van der Waals surface area contributed by atoms with Gasteiger partial charge in [0.05, 0.1) is 19.1 Å². The van der Waals surface area contributed by atoms with Gasteiger partial charge in [0.2, 0.25) is 21.8 Å². The first-order valence-corrected chi connectivity index (χ1v) is 16.2. The number of anilines is 1. The lowest BCUT2D eigenvalue weighted by Crippen LogP contribution is -2.53. The number of benzene rings is 3. The standard InChI is InChI=1S/C31H38BrN3O5S/c1-5-6-17-33-31(37)28(20-24-11-8-7-9-12-24)34(21-25-13-10-14-26(32)19-25)30(36)22-35(41(4,38)39)27-18-23(2)15-16-29(27)40-3/h7-16,18-19,28H,5-6,17,20-22H2,1-4H3,(H,33,37)/t28-/m1/s1. The van der Waals surface area contributed by atoms with E-state index in [1.54, 1.807) is 18.2 Å². The van der Waals surface area contributed by atoms with Crippen molar-refractivity contribution in [1.29, 1.82) is 0 Å². The van der Waals surface area contributed by atoms with E-state index < -0.39 is 28.5 Å². The van der Waals surface area contributed by atoms with Crippen molar-refractivity contribution in [1.82, 2.24) is 10.2 Å². The number of carbonyl (C=O) groups excluding carboxylic acids is 2. The maximum absolute atomic E-state index is 14.2. The van der Waals surface area contributed by atoms with Gasteiger partial charge in [-0.15, -0.1) is 0 Å². The predicted molar refractivity (Wildman–Crippen MR) is 166 cm³/mol. The molecule has 0 radical (unpaired) electrons. The van der Waals surface area contributed by atoms with Gasteiger partial charge in [0.1, 0.15) is 18.3 Å². The maximum Gasteiger partial charge on any atom is 0.244 e. The lowest BCUT2D eigenvalue weighted by molar-refractivity contribution is -0.140. The zero-order valence-electron chi connectivity index (χ0n) is 24.0. The highest BCUT2D eigenvalue weighted by Crippen LogP contribution is 2.31. The monoisotopic (exact) mass is 643 g/mol. The summed E-state index contributed by atoms with van der Waals surface area (Å²) in [6.45, 7) is 3.96. The van der Waals surface area contributed by atoms with E-state index in [-0.39, 0.29) is 24.6 Å². The number of rotatable bonds is 14. The summed E-state index contributed by atoms with van der Waals surface area (Å²) in [6.07, 6.45) is 3.04. The van der Waals surface area contributed by atoms with Crippen LogP contribution in [0.25, 0.3) is 0 Å². The average Bonchev–Trinajstić information content (AvgIpc) is 2.93. The Morgan fingerprint density at radius 1 is 1.00 bits per heavy atom. The quantitative estimate of drug-likeness (QED) is 0.247. The Bertz CT molecular complexity index is 1430. The van der Waals surface area contributed by atoms with Crippen LogP contribution < -0.4 is 14.4 Å². The normalized spacial score (nSPS) is 11.9. The van der Waals surface area contributed by atoms with Crippen molar-refractivity contribution in [3.05, 3.63) is 94.0 Å². The van der Waals surface area contributed by atoms with Crippen LogP contribution in [0.4, 0.5) is 5.69 Å². The molecule has 3 aromatic rings. The lowest BCUT2D eigenvalue weighted by Gasteiger charge is -2.34. The van der Waals surface area contributed by atoms with Gasteiger partial charge in [-0.1, -0.05) is 77.8 Å². The van der Waals surface area contributed by atoms with Crippen LogP contribution in [-0.2, 0) is 32.6 Å². The number of ether oxygens (including phenoxy) is 1. The number of carbonyl (C=O) groups is 2. The van der Waals surface area contributed by atoms with Crippen LogP contribution >= 0.6 is 15.9 Å². The summed E-state index contributed by atoms with van der Waals surface area (Å²) in [6, 6.07) is 21.3. The Kier molecular flexibility index (Phi) is 11.8. The van der Waals surface area contributed by atoms with Crippen LogP contribution in [0.1, 0.15) is 36.5 Å². The van der Waals surface area contributed by atoms with Crippen molar-refractivity contribution in [2.24, 2.45) is 0 Å². The number of aryl methyl sites for hydroxylation is 1. The van der Waals surface area contributed by atoms with E-state index in [1.165, 1.54) is 12.0 Å². The third-order valence-electron chi connectivity index (χ3n) is 6.62. The molecule has 3 rings (SSSR count). The molecule has 0 saturated heterocycles. The predicted octanol–water partition coefficient (Wildman–Crippen LogP) is 5.09. The summed E-state index contributed by atoms with van der Waals surface area (Å²) in [4.78, 5) is 29.3. The van der Waals surface area contributed by atoms with Gasteiger partial charge in [0.15, 0.2) is 0 Å². The van der Waals surface area contributed by atoms with Gasteiger partial charge in [-0.25, -0.2) is 8.42 Å². The van der Waals surface area contributed by atoms with Crippen LogP contribution in [0.3, 0.4) is 0 Å². The molecule has 2 amide bonds. The molecular weight excluding hydrogens is 606 g/mol. The van der Waals surface area contributed by atoms with Crippen LogP contribution in [0.2, 0.25) is 0 Å². The van der Waals surface area contributed by atoms with Crippen molar-refractivity contribution in [2.45, 2.75) is 45.7 Å². The van der Waals surface area contributed by atoms with Gasteiger partial charge in [-0.3, -0.25) is 13.9 Å². The molecule has 0 aliphatic carbocycles. The van der Waals surface area contributed by atoms with Gasteiger partial charge >= 0.3 is 0 Å². The van der Waals surface area contributed by atoms with E-state index >= 15 is 0 Å². The van der Waals surface area contributed by atoms with E-state index in [4.69, 9.17) is 4.74 Å². The molecule has 0 aromatic heterocycles. The second kappa shape index (κ2) is 15.0. The Morgan fingerprint density at radius 2 is 1.71 bits per heavy atom. The molecule has 1 atom stereocenters. The first-order chi connectivity index (χ1) is 19.5. The molecule has 41 heavy (non-hydrogen) atoms. The zero-order valence-corrected chi connectivity index (χ0v) is 26.4. The molecular formula is C31H38BrN3O5S. The van der Waals surface area contributed by atoms with Crippen LogP contribution in [0.15, 0.2) is 77.3 Å². The molecule has 3 aromatic carbocycles. The van der Waals surface area contributed by atoms with Crippen LogP contribution in [0, 0.1) is 6.92 Å². The molecule has 0 fully saturated rings. The molecule has 1 N–H and O–H groups in total. The average molecular weight is 645 g/mol. The van der Waals surface area contributed by atoms with Crippen molar-refractivity contribution in [3.8, 4) is 5.75 Å². The molecule has 0 heterocycles. The molecule has 220 valence electrons. The molecule has 0 aliphatic heterocycles. The van der Waals surface area contributed by atoms with E-state index in [2.05, 4.69) is 21.2 Å². The molecule has 0 bridgehead atoms. The zero-order chi connectivity index (χ0) is 30.0. The lowest BCUT2D eigenvalue weighted by atomic mass is 10.0. The summed E-state index contributed by atoms with van der Waals surface area (Å²) < 4.78 is 33.4. The number of nitrogens with one attached hydrogen (secondary N) is 1. The number of nitrogens with zero attached hydrogens (tertiary/aromatic N) is 2. The van der Waals surface area contributed by atoms with Gasteiger partial charge < -0.3 is 15.0 Å². The second-order valence-electron chi connectivity index (χ2n) is 9.95. The van der Waals surface area contributed by atoms with Crippen molar-refractivity contribution in [3.63, 3.8) is 0 Å². The summed E-state index contributed by atoms with van der Waals surface area (Å²) in [5.74, 6) is -0.472. The summed E-state index contributed by atoms with van der Waals surface area (Å²) in [7, 11) is -2.45. The van der Waals surface area contributed by atoms with Gasteiger partial charge in [0.25, 0.3) is 0 Å². The van der Waals surface area contributed by atoms with E-state index in [0.717, 1.165) is 44.6 Å². The highest BCUT2D eigenvalue weighted by molar-refractivity contribution is 9.10. The largest absolute Gasteiger partial charge is 0.495 e. The number of halogens is 1. The summed E-state index contributed by atoms with van der Waals surface area (Å²) in [5, 5.41) is 2.98. The third kappa shape index (κ3) is 9.33. The Hall–Kier alpha value is -3.37. The smallest absolute Gasteiger partial charge is 0.244 e. The number of hydrogen-bond acceptors (Lipinski definition) is 5. The number of unbranched alkanes of at least 4 members (excludes halogenated alkanes) is 1. The SMILES string of the molecule is CCCCNC(=O)[C@@H](Cc1ccccc1)N(Cc1cccc(Br)c1)C(=O)CN(c1cc(C)ccc1OC)S(C)(=O)=O. The highest BCUT2D eigenvalue weighted by Gasteiger charge is 2.33. The van der Waals surface area contributed by atoms with Crippen LogP contribution in [0.5, 0.6) is 5.75 Å². The van der Waals surface area contributed by atoms with Crippen molar-refractivity contribution in [2.75, 3.05) is 30.8 Å². The van der Waals surface area contributed by atoms with Gasteiger partial charge in [0, 0.05) is 24.0 Å². The Labute approximate surface area is 251 Å². The minimum Gasteiger partial charge on any atom is -0.495 e. The highest BCUT2D eigenvalue weighted by atomic mass is 79.9. The third-order valence-corrected chi connectivity index (χ3v) is 8.24. The van der Waals surface area contributed by atoms with Gasteiger partial charge in [-0.05, 0) is 54.3 Å². The molecule has 8 nitrogen and oxygen atoms in total. The van der Waals surface area contributed by atoms with Crippen molar-refractivity contribution >= 4 is 43.5 Å². The molecule has 10 heteroatoms. The van der Waals surface area contributed by atoms with E-state index in [1.807, 2.05) is 68.4 Å². The molecule has 0 spiro atoms. The number of methoxy groups -OCH3 is 1. The molecule has 0 aliphatic rings. The van der Waals surface area contributed by atoms with Gasteiger partial charge in [-0.2, -0.15) is 0 Å². The van der Waals surface area contributed by atoms with Crippen molar-refractivity contribution < 1.29 is 22.7 Å².